The molecule has 0 bridgehead atoms. The van der Waals surface area contributed by atoms with Gasteiger partial charge in [0.05, 0.1) is 11.3 Å². The smallest absolute Gasteiger partial charge is 0.337 e. The van der Waals surface area contributed by atoms with E-state index in [4.69, 9.17) is 10.2 Å². The van der Waals surface area contributed by atoms with E-state index in [1.165, 1.54) is 6.07 Å². The van der Waals surface area contributed by atoms with Crippen molar-refractivity contribution in [1.82, 2.24) is 4.90 Å². The number of urea groups is 1. The second-order valence-electron chi connectivity index (χ2n) is 5.07. The molecule has 1 atom stereocenters. The molecule has 2 amide bonds. The van der Waals surface area contributed by atoms with Gasteiger partial charge in [-0.1, -0.05) is 11.6 Å². The van der Waals surface area contributed by atoms with E-state index < -0.39 is 5.97 Å². The number of carboxylic acid groups (broad SMARTS) is 1. The first-order chi connectivity index (χ1) is 9.51. The highest BCUT2D eigenvalue weighted by Crippen LogP contribution is 2.20. The van der Waals surface area contributed by atoms with E-state index in [2.05, 4.69) is 5.32 Å². The quantitative estimate of drug-likeness (QED) is 0.782. The van der Waals surface area contributed by atoms with Crippen molar-refractivity contribution in [3.8, 4) is 0 Å². The summed E-state index contributed by atoms with van der Waals surface area (Å²) in [5.41, 5.74) is 1.19. The summed E-state index contributed by atoms with van der Waals surface area (Å²) in [6, 6.07) is 4.55. The summed E-state index contributed by atoms with van der Waals surface area (Å²) in [5.74, 6) is -0.962. The van der Waals surface area contributed by atoms with Gasteiger partial charge in [-0.05, 0) is 25.5 Å². The molecule has 2 rings (SSSR count). The number of likely N-dealkylation sites (tertiary alicyclic amines) is 1. The van der Waals surface area contributed by atoms with E-state index in [0.29, 0.717) is 18.8 Å². The minimum Gasteiger partial charge on any atom is -0.478 e. The Balaban J connectivity index is 2.10. The van der Waals surface area contributed by atoms with E-state index in [1.807, 2.05) is 0 Å². The van der Waals surface area contributed by atoms with Gasteiger partial charge in [-0.3, -0.25) is 0 Å². The third kappa shape index (κ3) is 3.08. The van der Waals surface area contributed by atoms with Gasteiger partial charge in [0.1, 0.15) is 0 Å². The van der Waals surface area contributed by atoms with Gasteiger partial charge in [0.15, 0.2) is 0 Å². The number of anilines is 1. The average molecular weight is 278 g/mol. The number of carboxylic acids is 1. The number of nitrogens with one attached hydrogen (secondary N) is 1. The molecule has 1 fully saturated rings. The molecule has 1 aliphatic rings. The third-order valence-corrected chi connectivity index (χ3v) is 3.48. The summed E-state index contributed by atoms with van der Waals surface area (Å²) in [7, 11) is 0. The highest BCUT2D eigenvalue weighted by atomic mass is 16.4. The lowest BCUT2D eigenvalue weighted by atomic mass is 10.1. The zero-order valence-electron chi connectivity index (χ0n) is 11.3. The number of rotatable bonds is 3. The molecular formula is C14H18N2O4. The highest BCUT2D eigenvalue weighted by molar-refractivity contribution is 6.00. The largest absolute Gasteiger partial charge is 0.478 e. The molecule has 0 aliphatic carbocycles. The van der Waals surface area contributed by atoms with Gasteiger partial charge in [0.2, 0.25) is 0 Å². The number of aliphatic hydroxyl groups excluding tert-OH is 1. The van der Waals surface area contributed by atoms with Crippen LogP contribution in [0.1, 0.15) is 22.3 Å². The Kier molecular flexibility index (Phi) is 4.24. The SMILES string of the molecule is Cc1ccc(NC(=O)N2CCC(CO)C2)c(C(=O)O)c1. The van der Waals surface area contributed by atoms with Crippen LogP contribution in [0.4, 0.5) is 10.5 Å². The zero-order chi connectivity index (χ0) is 14.7. The van der Waals surface area contributed by atoms with Crippen LogP contribution in [0, 0.1) is 12.8 Å². The van der Waals surface area contributed by atoms with E-state index in [0.717, 1.165) is 12.0 Å². The molecule has 1 heterocycles. The first kappa shape index (κ1) is 14.3. The van der Waals surface area contributed by atoms with E-state index in [-0.39, 0.29) is 24.1 Å². The van der Waals surface area contributed by atoms with Crippen molar-refractivity contribution < 1.29 is 19.8 Å². The first-order valence-corrected chi connectivity index (χ1v) is 6.52. The minimum absolute atomic E-state index is 0.0642. The lowest BCUT2D eigenvalue weighted by Gasteiger charge is -2.18. The van der Waals surface area contributed by atoms with E-state index >= 15 is 0 Å². The Hall–Kier alpha value is -2.08. The number of nitrogens with zero attached hydrogens (tertiary/aromatic N) is 1. The van der Waals surface area contributed by atoms with Crippen molar-refractivity contribution in [1.29, 1.82) is 0 Å². The number of aliphatic hydroxyl groups is 1. The van der Waals surface area contributed by atoms with E-state index in [9.17, 15) is 9.59 Å². The molecule has 1 unspecified atom stereocenters. The molecule has 6 nitrogen and oxygen atoms in total. The number of aryl methyl sites for hydroxylation is 1. The Bertz CT molecular complexity index is 530. The van der Waals surface area contributed by atoms with Crippen LogP contribution in [0.3, 0.4) is 0 Å². The van der Waals surface area contributed by atoms with Crippen LogP contribution in [0.2, 0.25) is 0 Å². The topological polar surface area (TPSA) is 89.9 Å². The molecule has 1 aromatic rings. The number of hydrogen-bond acceptors (Lipinski definition) is 3. The van der Waals surface area contributed by atoms with Crippen molar-refractivity contribution in [2.75, 3.05) is 25.0 Å². The summed E-state index contributed by atoms with van der Waals surface area (Å²) < 4.78 is 0. The lowest BCUT2D eigenvalue weighted by Crippen LogP contribution is -2.33. The Morgan fingerprint density at radius 1 is 1.45 bits per heavy atom. The van der Waals surface area contributed by atoms with Crippen molar-refractivity contribution in [2.24, 2.45) is 5.92 Å². The van der Waals surface area contributed by atoms with E-state index in [1.54, 1.807) is 24.0 Å². The monoisotopic (exact) mass is 278 g/mol. The molecule has 0 radical (unpaired) electrons. The molecule has 1 aliphatic heterocycles. The summed E-state index contributed by atoms with van der Waals surface area (Å²) in [4.78, 5) is 24.8. The molecule has 3 N–H and O–H groups in total. The van der Waals surface area contributed by atoms with Crippen LogP contribution in [-0.4, -0.2) is 46.8 Å². The van der Waals surface area contributed by atoms with Crippen LogP contribution in [0.15, 0.2) is 18.2 Å². The summed E-state index contributed by atoms with van der Waals surface area (Å²) in [6.45, 7) is 2.93. The summed E-state index contributed by atoms with van der Waals surface area (Å²) >= 11 is 0. The molecule has 6 heteroatoms. The maximum absolute atomic E-state index is 12.1. The number of benzene rings is 1. The fraction of sp³-hybridized carbons (Fsp3) is 0.429. The molecule has 1 aromatic carbocycles. The zero-order valence-corrected chi connectivity index (χ0v) is 11.3. The van der Waals surface area contributed by atoms with Crippen molar-refractivity contribution in [2.45, 2.75) is 13.3 Å². The van der Waals surface area contributed by atoms with Crippen LogP contribution >= 0.6 is 0 Å². The normalized spacial score (nSPS) is 18.1. The van der Waals surface area contributed by atoms with Crippen LogP contribution in [-0.2, 0) is 0 Å². The molecule has 20 heavy (non-hydrogen) atoms. The fourth-order valence-corrected chi connectivity index (χ4v) is 2.30. The molecule has 0 aromatic heterocycles. The average Bonchev–Trinajstić information content (AvgIpc) is 2.89. The third-order valence-electron chi connectivity index (χ3n) is 3.48. The van der Waals surface area contributed by atoms with Crippen molar-refractivity contribution in [3.05, 3.63) is 29.3 Å². The van der Waals surface area contributed by atoms with Gasteiger partial charge < -0.3 is 20.4 Å². The van der Waals surface area contributed by atoms with Gasteiger partial charge in [0.25, 0.3) is 0 Å². The highest BCUT2D eigenvalue weighted by Gasteiger charge is 2.26. The molecule has 0 saturated carbocycles. The summed E-state index contributed by atoms with van der Waals surface area (Å²) in [6.07, 6.45) is 0.767. The lowest BCUT2D eigenvalue weighted by molar-refractivity contribution is 0.0698. The molecule has 0 spiro atoms. The number of carbonyl (C=O) groups excluding carboxylic acids is 1. The second kappa shape index (κ2) is 5.92. The van der Waals surface area contributed by atoms with Crippen LogP contribution in [0.5, 0.6) is 0 Å². The Labute approximate surface area is 117 Å². The number of amides is 2. The van der Waals surface area contributed by atoms with Crippen molar-refractivity contribution in [3.63, 3.8) is 0 Å². The van der Waals surface area contributed by atoms with Gasteiger partial charge in [-0.25, -0.2) is 9.59 Å². The molecular weight excluding hydrogens is 260 g/mol. The predicted octanol–water partition coefficient (Wildman–Crippen LogP) is 1.54. The Morgan fingerprint density at radius 3 is 2.80 bits per heavy atom. The van der Waals surface area contributed by atoms with Gasteiger partial charge in [0, 0.05) is 25.6 Å². The Morgan fingerprint density at radius 2 is 2.20 bits per heavy atom. The second-order valence-corrected chi connectivity index (χ2v) is 5.07. The van der Waals surface area contributed by atoms with Gasteiger partial charge in [-0.15, -0.1) is 0 Å². The van der Waals surface area contributed by atoms with Crippen molar-refractivity contribution >= 4 is 17.7 Å². The standard InChI is InChI=1S/C14H18N2O4/c1-9-2-3-12(11(6-9)13(18)19)15-14(20)16-5-4-10(7-16)8-17/h2-3,6,10,17H,4-5,7-8H2,1H3,(H,15,20)(H,18,19). The first-order valence-electron chi connectivity index (χ1n) is 6.52. The molecule has 1 saturated heterocycles. The van der Waals surface area contributed by atoms with Crippen LogP contribution in [0.25, 0.3) is 0 Å². The number of carbonyl (C=O) groups is 2. The fourth-order valence-electron chi connectivity index (χ4n) is 2.30. The van der Waals surface area contributed by atoms with Crippen LogP contribution < -0.4 is 5.32 Å². The van der Waals surface area contributed by atoms with Gasteiger partial charge >= 0.3 is 12.0 Å². The number of hydrogen-bond donors (Lipinski definition) is 3. The maximum atomic E-state index is 12.1. The van der Waals surface area contributed by atoms with Gasteiger partial charge in [-0.2, -0.15) is 0 Å². The predicted molar refractivity (Wildman–Crippen MR) is 73.9 cm³/mol. The number of aromatic carboxylic acids is 1. The maximum Gasteiger partial charge on any atom is 0.337 e. The summed E-state index contributed by atoms with van der Waals surface area (Å²) in [5, 5.41) is 20.8. The minimum atomic E-state index is -1.07. The molecule has 108 valence electrons.